The Morgan fingerprint density at radius 3 is 2.34 bits per heavy atom. The molecule has 0 radical (unpaired) electrons. The number of hydrogen-bond donors (Lipinski definition) is 3. The van der Waals surface area contributed by atoms with Crippen LogP contribution in [-0.2, 0) is 16.0 Å². The molecule has 0 fully saturated rings. The molecule has 3 aromatic rings. The van der Waals surface area contributed by atoms with Gasteiger partial charge in [-0.25, -0.2) is 0 Å². The third-order valence-corrected chi connectivity index (χ3v) is 8.06. The number of nitrogens with one attached hydrogen (secondary N) is 3. The second kappa shape index (κ2) is 14.2. The summed E-state index contributed by atoms with van der Waals surface area (Å²) in [5.74, 6) is 1.44. The molecular formula is C34H41N3O7. The second-order valence-corrected chi connectivity index (χ2v) is 10.8. The highest BCUT2D eigenvalue weighted by molar-refractivity contribution is 5.97. The number of methoxy groups -OCH3 is 4. The van der Waals surface area contributed by atoms with Crippen molar-refractivity contribution in [2.45, 2.75) is 52.1 Å². The van der Waals surface area contributed by atoms with E-state index in [1.807, 2.05) is 26.0 Å². The molecule has 0 unspecified atom stereocenters. The molecule has 10 nitrogen and oxygen atoms in total. The standard InChI is InChI=1S/C34H41N3O7/c1-8-19(2)31(34(40)36-22-10-9-11-23(17-22)41-4)37-27-15-13-24-25(18-28(27)39)26(35-20(3)38)14-12-21-16-29(42-5)32(43-6)33(44-7)30(21)24/h9-11,13,15-19,26,31H,8,12,14H2,1-7H3,(H,35,38)(H,36,40)(H,37,39)/t19-,26+,31+/m1/s1. The minimum absolute atomic E-state index is 0.104. The molecule has 3 atom stereocenters. The van der Waals surface area contributed by atoms with Gasteiger partial charge in [-0.15, -0.1) is 0 Å². The highest BCUT2D eigenvalue weighted by Crippen LogP contribution is 2.50. The van der Waals surface area contributed by atoms with Crippen LogP contribution in [0.15, 0.2) is 53.3 Å². The van der Waals surface area contributed by atoms with Crippen LogP contribution in [0.3, 0.4) is 0 Å². The Morgan fingerprint density at radius 1 is 0.955 bits per heavy atom. The number of rotatable bonds is 11. The third-order valence-electron chi connectivity index (χ3n) is 8.06. The van der Waals surface area contributed by atoms with E-state index in [-0.39, 0.29) is 28.8 Å². The maximum atomic E-state index is 13.8. The molecule has 1 aliphatic rings. The molecule has 0 aromatic heterocycles. The van der Waals surface area contributed by atoms with Gasteiger partial charge in [0.25, 0.3) is 0 Å². The summed E-state index contributed by atoms with van der Waals surface area (Å²) in [6.07, 6.45) is 1.84. The number of aryl methyl sites for hydroxylation is 1. The topological polar surface area (TPSA) is 124 Å². The Hall–Kier alpha value is -4.73. The largest absolute Gasteiger partial charge is 0.497 e. The molecule has 0 saturated carbocycles. The van der Waals surface area contributed by atoms with Crippen LogP contribution in [0.25, 0.3) is 11.1 Å². The van der Waals surface area contributed by atoms with Crippen molar-refractivity contribution in [2.75, 3.05) is 39.1 Å². The van der Waals surface area contributed by atoms with Crippen LogP contribution in [0.2, 0.25) is 0 Å². The van der Waals surface area contributed by atoms with Crippen molar-refractivity contribution in [3.63, 3.8) is 0 Å². The van der Waals surface area contributed by atoms with E-state index in [0.717, 1.165) is 11.1 Å². The summed E-state index contributed by atoms with van der Waals surface area (Å²) in [5.41, 5.74) is 3.56. The Bertz CT molecular complexity index is 1590. The van der Waals surface area contributed by atoms with E-state index in [1.165, 1.54) is 13.0 Å². The summed E-state index contributed by atoms with van der Waals surface area (Å²) in [6.45, 7) is 5.40. The average Bonchev–Trinajstić information content (AvgIpc) is 3.26. The fourth-order valence-electron chi connectivity index (χ4n) is 5.62. The van der Waals surface area contributed by atoms with Gasteiger partial charge in [0, 0.05) is 24.2 Å². The molecule has 0 bridgehead atoms. The first-order chi connectivity index (χ1) is 21.1. The lowest BCUT2D eigenvalue weighted by atomic mass is 9.95. The molecule has 10 heteroatoms. The van der Waals surface area contributed by atoms with E-state index in [1.54, 1.807) is 58.8 Å². The quantitative estimate of drug-likeness (QED) is 0.269. The van der Waals surface area contributed by atoms with Crippen LogP contribution < -0.4 is 40.3 Å². The molecule has 1 aliphatic carbocycles. The SMILES string of the molecule is CC[C@@H](C)[C@H](Nc1ccc2c(cc1=O)[C@@H](NC(C)=O)CCc1cc(OC)c(OC)c(OC)c1-2)C(=O)Nc1cccc(OC)c1. The molecule has 3 N–H and O–H groups in total. The van der Waals surface area contributed by atoms with Crippen molar-refractivity contribution >= 4 is 23.2 Å². The minimum Gasteiger partial charge on any atom is -0.497 e. The lowest BCUT2D eigenvalue weighted by Gasteiger charge is -2.24. The van der Waals surface area contributed by atoms with Crippen LogP contribution in [0.1, 0.15) is 50.8 Å². The third kappa shape index (κ3) is 6.74. The minimum atomic E-state index is -0.710. The monoisotopic (exact) mass is 603 g/mol. The normalized spacial score (nSPS) is 14.9. The first-order valence-electron chi connectivity index (χ1n) is 14.6. The second-order valence-electron chi connectivity index (χ2n) is 10.8. The predicted octanol–water partition coefficient (Wildman–Crippen LogP) is 5.34. The summed E-state index contributed by atoms with van der Waals surface area (Å²) in [4.78, 5) is 39.7. The summed E-state index contributed by atoms with van der Waals surface area (Å²) in [7, 11) is 6.22. The fraction of sp³-hybridized carbons (Fsp3) is 0.382. The Morgan fingerprint density at radius 2 is 1.70 bits per heavy atom. The van der Waals surface area contributed by atoms with E-state index in [2.05, 4.69) is 16.0 Å². The van der Waals surface area contributed by atoms with E-state index < -0.39 is 12.1 Å². The van der Waals surface area contributed by atoms with Crippen LogP contribution in [0.4, 0.5) is 11.4 Å². The zero-order chi connectivity index (χ0) is 32.0. The number of amides is 2. The molecule has 0 saturated heterocycles. The van der Waals surface area contributed by atoms with Crippen LogP contribution >= 0.6 is 0 Å². The summed E-state index contributed by atoms with van der Waals surface area (Å²) >= 11 is 0. The van der Waals surface area contributed by atoms with Gasteiger partial charge < -0.3 is 34.9 Å². The molecule has 3 aromatic carbocycles. The van der Waals surface area contributed by atoms with Gasteiger partial charge in [-0.2, -0.15) is 0 Å². The van der Waals surface area contributed by atoms with Crippen molar-refractivity contribution in [1.82, 2.24) is 5.32 Å². The zero-order valence-corrected chi connectivity index (χ0v) is 26.3. The summed E-state index contributed by atoms with van der Waals surface area (Å²) in [6, 6.07) is 12.9. The Balaban J connectivity index is 1.85. The number of hydrogen-bond acceptors (Lipinski definition) is 8. The smallest absolute Gasteiger partial charge is 0.247 e. The van der Waals surface area contributed by atoms with Gasteiger partial charge in [0.15, 0.2) is 11.5 Å². The van der Waals surface area contributed by atoms with Gasteiger partial charge in [0.1, 0.15) is 11.8 Å². The molecule has 0 heterocycles. The zero-order valence-electron chi connectivity index (χ0n) is 26.3. The lowest BCUT2D eigenvalue weighted by molar-refractivity contribution is -0.120. The van der Waals surface area contributed by atoms with Gasteiger partial charge in [-0.05, 0) is 65.8 Å². The number of fused-ring (bicyclic) bond motifs is 3. The highest BCUT2D eigenvalue weighted by Gasteiger charge is 2.30. The molecular weight excluding hydrogens is 562 g/mol. The van der Waals surface area contributed by atoms with Gasteiger partial charge in [-0.1, -0.05) is 32.4 Å². The molecule has 44 heavy (non-hydrogen) atoms. The first-order valence-corrected chi connectivity index (χ1v) is 14.6. The van der Waals surface area contributed by atoms with Crippen molar-refractivity contribution in [3.8, 4) is 34.1 Å². The first kappa shape index (κ1) is 32.2. The number of carbonyl (C=O) groups is 2. The number of benzene rings is 2. The number of carbonyl (C=O) groups excluding carboxylic acids is 2. The molecule has 0 aliphatic heterocycles. The summed E-state index contributed by atoms with van der Waals surface area (Å²) in [5, 5.41) is 9.20. The van der Waals surface area contributed by atoms with Crippen molar-refractivity contribution in [1.29, 1.82) is 0 Å². The fourth-order valence-corrected chi connectivity index (χ4v) is 5.62. The van der Waals surface area contributed by atoms with Crippen molar-refractivity contribution < 1.29 is 28.5 Å². The Kier molecular flexibility index (Phi) is 10.4. The van der Waals surface area contributed by atoms with E-state index >= 15 is 0 Å². The lowest BCUT2D eigenvalue weighted by Crippen LogP contribution is -2.40. The number of ether oxygens (including phenoxy) is 4. The van der Waals surface area contributed by atoms with Crippen molar-refractivity contribution in [2.24, 2.45) is 5.92 Å². The van der Waals surface area contributed by atoms with Gasteiger partial charge >= 0.3 is 0 Å². The molecule has 2 amide bonds. The molecule has 0 spiro atoms. The van der Waals surface area contributed by atoms with E-state index in [9.17, 15) is 14.4 Å². The summed E-state index contributed by atoms with van der Waals surface area (Å²) < 4.78 is 22.4. The van der Waals surface area contributed by atoms with E-state index in [0.29, 0.717) is 59.1 Å². The molecule has 4 rings (SSSR count). The van der Waals surface area contributed by atoms with Crippen molar-refractivity contribution in [3.05, 3.63) is 69.9 Å². The maximum Gasteiger partial charge on any atom is 0.247 e. The van der Waals surface area contributed by atoms with Gasteiger partial charge in [-0.3, -0.25) is 14.4 Å². The Labute approximate surface area is 258 Å². The average molecular weight is 604 g/mol. The molecule has 234 valence electrons. The van der Waals surface area contributed by atoms with Gasteiger partial charge in [0.05, 0.1) is 40.2 Å². The van der Waals surface area contributed by atoms with Crippen LogP contribution in [0.5, 0.6) is 23.0 Å². The van der Waals surface area contributed by atoms with Crippen LogP contribution in [0, 0.1) is 5.92 Å². The number of anilines is 2. The predicted molar refractivity (Wildman–Crippen MR) is 171 cm³/mol. The maximum absolute atomic E-state index is 13.8. The van der Waals surface area contributed by atoms with Crippen LogP contribution in [-0.4, -0.2) is 46.3 Å². The van der Waals surface area contributed by atoms with Gasteiger partial charge in [0.2, 0.25) is 23.0 Å². The highest BCUT2D eigenvalue weighted by atomic mass is 16.5. The van der Waals surface area contributed by atoms with E-state index in [4.69, 9.17) is 18.9 Å².